The maximum Gasteiger partial charge on any atom is 0.0599 e. The summed E-state index contributed by atoms with van der Waals surface area (Å²) in [5.74, 6) is 0.704. The number of aliphatic hydroxyl groups excluding tert-OH is 1. The van der Waals surface area contributed by atoms with Crippen molar-refractivity contribution in [2.24, 2.45) is 5.92 Å². The fraction of sp³-hybridized carbons (Fsp3) is 1.00. The Bertz CT molecular complexity index is 184. The Labute approximate surface area is 94.1 Å². The molecule has 0 spiro atoms. The van der Waals surface area contributed by atoms with Gasteiger partial charge in [-0.1, -0.05) is 13.8 Å². The molecule has 2 unspecified atom stereocenters. The van der Waals surface area contributed by atoms with Crippen LogP contribution in [0.2, 0.25) is 0 Å². The van der Waals surface area contributed by atoms with Crippen molar-refractivity contribution in [2.75, 3.05) is 33.3 Å². The van der Waals surface area contributed by atoms with E-state index in [2.05, 4.69) is 37.6 Å². The summed E-state index contributed by atoms with van der Waals surface area (Å²) >= 11 is 0. The van der Waals surface area contributed by atoms with Crippen molar-refractivity contribution >= 4 is 0 Å². The molecule has 1 rings (SSSR count). The van der Waals surface area contributed by atoms with E-state index in [9.17, 15) is 5.11 Å². The Hall–Kier alpha value is -0.120. The minimum Gasteiger partial charge on any atom is -0.395 e. The van der Waals surface area contributed by atoms with Crippen LogP contribution in [0.5, 0.6) is 0 Å². The lowest BCUT2D eigenvalue weighted by Gasteiger charge is -2.31. The first-order valence-electron chi connectivity index (χ1n) is 6.09. The Kier molecular flexibility index (Phi) is 5.03. The van der Waals surface area contributed by atoms with Crippen LogP contribution in [0.3, 0.4) is 0 Å². The van der Waals surface area contributed by atoms with Gasteiger partial charge in [0.1, 0.15) is 0 Å². The van der Waals surface area contributed by atoms with Crippen LogP contribution in [0.25, 0.3) is 0 Å². The monoisotopic (exact) mass is 214 g/mol. The topological polar surface area (TPSA) is 26.7 Å². The smallest absolute Gasteiger partial charge is 0.0599 e. The van der Waals surface area contributed by atoms with Crippen molar-refractivity contribution in [3.05, 3.63) is 0 Å². The molecule has 0 amide bonds. The summed E-state index contributed by atoms with van der Waals surface area (Å²) in [5, 5.41) is 9.36. The van der Waals surface area contributed by atoms with Crippen LogP contribution in [0.1, 0.15) is 27.2 Å². The number of aliphatic hydroxyl groups is 1. The summed E-state index contributed by atoms with van der Waals surface area (Å²) < 4.78 is 0. The van der Waals surface area contributed by atoms with E-state index < -0.39 is 0 Å². The highest BCUT2D eigenvalue weighted by molar-refractivity contribution is 4.82. The summed E-state index contributed by atoms with van der Waals surface area (Å²) in [4.78, 5) is 4.81. The van der Waals surface area contributed by atoms with E-state index in [4.69, 9.17) is 0 Å². The molecule has 0 radical (unpaired) electrons. The largest absolute Gasteiger partial charge is 0.395 e. The normalized spacial score (nSPS) is 30.8. The number of hydrogen-bond donors (Lipinski definition) is 1. The van der Waals surface area contributed by atoms with E-state index in [0.717, 1.165) is 19.6 Å². The molecule has 2 atom stereocenters. The van der Waals surface area contributed by atoms with E-state index in [1.54, 1.807) is 0 Å². The highest BCUT2D eigenvalue weighted by atomic mass is 16.3. The Morgan fingerprint density at radius 3 is 2.60 bits per heavy atom. The molecule has 1 heterocycles. The first kappa shape index (κ1) is 12.9. The van der Waals surface area contributed by atoms with Crippen LogP contribution in [0, 0.1) is 5.92 Å². The van der Waals surface area contributed by atoms with Gasteiger partial charge in [0, 0.05) is 25.2 Å². The highest BCUT2D eigenvalue weighted by Crippen LogP contribution is 2.15. The van der Waals surface area contributed by atoms with Crippen molar-refractivity contribution in [1.29, 1.82) is 0 Å². The van der Waals surface area contributed by atoms with Gasteiger partial charge in [-0.2, -0.15) is 0 Å². The second-order valence-corrected chi connectivity index (χ2v) is 5.30. The number of rotatable bonds is 3. The first-order valence-corrected chi connectivity index (χ1v) is 6.09. The maximum atomic E-state index is 9.36. The van der Waals surface area contributed by atoms with Crippen molar-refractivity contribution in [1.82, 2.24) is 9.80 Å². The molecule has 1 aliphatic heterocycles. The van der Waals surface area contributed by atoms with Gasteiger partial charge in [0.2, 0.25) is 0 Å². The minimum atomic E-state index is 0.276. The van der Waals surface area contributed by atoms with E-state index in [1.807, 2.05) is 0 Å². The molecule has 1 saturated heterocycles. The fourth-order valence-electron chi connectivity index (χ4n) is 2.27. The lowest BCUT2D eigenvalue weighted by molar-refractivity contribution is 0.117. The van der Waals surface area contributed by atoms with E-state index in [0.29, 0.717) is 18.0 Å². The number of nitrogens with zero attached hydrogens (tertiary/aromatic N) is 2. The average molecular weight is 214 g/mol. The molecule has 15 heavy (non-hydrogen) atoms. The average Bonchev–Trinajstić information content (AvgIpc) is 2.30. The highest BCUT2D eigenvalue weighted by Gasteiger charge is 2.26. The molecule has 0 aromatic carbocycles. The molecular weight excluding hydrogens is 188 g/mol. The molecule has 3 heteroatoms. The molecule has 0 aromatic heterocycles. The quantitative estimate of drug-likeness (QED) is 0.760. The standard InChI is InChI=1S/C12H26N2O/c1-10(2)7-14-8-12(9-15)13(4)6-5-11(14)3/h10-12,15H,5-9H2,1-4H3. The molecule has 0 bridgehead atoms. The second-order valence-electron chi connectivity index (χ2n) is 5.30. The maximum absolute atomic E-state index is 9.36. The molecule has 1 N–H and O–H groups in total. The lowest BCUT2D eigenvalue weighted by Crippen LogP contribution is -2.44. The fourth-order valence-corrected chi connectivity index (χ4v) is 2.27. The van der Waals surface area contributed by atoms with Gasteiger partial charge in [-0.3, -0.25) is 9.80 Å². The van der Waals surface area contributed by atoms with Crippen LogP contribution < -0.4 is 0 Å². The molecule has 90 valence electrons. The van der Waals surface area contributed by atoms with Gasteiger partial charge in [-0.15, -0.1) is 0 Å². The zero-order chi connectivity index (χ0) is 11.4. The van der Waals surface area contributed by atoms with Crippen LogP contribution in [-0.2, 0) is 0 Å². The summed E-state index contributed by atoms with van der Waals surface area (Å²) in [5.41, 5.74) is 0. The first-order chi connectivity index (χ1) is 7.04. The van der Waals surface area contributed by atoms with Crippen LogP contribution in [0.15, 0.2) is 0 Å². The summed E-state index contributed by atoms with van der Waals surface area (Å²) in [6.45, 7) is 10.3. The predicted molar refractivity (Wildman–Crippen MR) is 64.0 cm³/mol. The van der Waals surface area contributed by atoms with Crippen LogP contribution >= 0.6 is 0 Å². The van der Waals surface area contributed by atoms with Gasteiger partial charge in [0.05, 0.1) is 6.61 Å². The second kappa shape index (κ2) is 5.83. The molecule has 0 aliphatic carbocycles. The minimum absolute atomic E-state index is 0.276. The van der Waals surface area contributed by atoms with E-state index in [-0.39, 0.29) is 6.61 Å². The van der Waals surface area contributed by atoms with Gasteiger partial charge < -0.3 is 5.11 Å². The lowest BCUT2D eigenvalue weighted by atomic mass is 10.1. The van der Waals surface area contributed by atoms with Crippen molar-refractivity contribution < 1.29 is 5.11 Å². The zero-order valence-corrected chi connectivity index (χ0v) is 10.6. The summed E-state index contributed by atoms with van der Waals surface area (Å²) in [6, 6.07) is 0.958. The molecule has 3 nitrogen and oxygen atoms in total. The SMILES string of the molecule is CC(C)CN1CC(CO)N(C)CCC1C. The predicted octanol–water partition coefficient (Wildman–Crippen LogP) is 1.03. The molecular formula is C12H26N2O. The van der Waals surface area contributed by atoms with Gasteiger partial charge in [-0.05, 0) is 32.9 Å². The third kappa shape index (κ3) is 3.74. The molecule has 0 aromatic rings. The van der Waals surface area contributed by atoms with Gasteiger partial charge in [-0.25, -0.2) is 0 Å². The van der Waals surface area contributed by atoms with Crippen molar-refractivity contribution in [2.45, 2.75) is 39.3 Å². The molecule has 1 fully saturated rings. The van der Waals surface area contributed by atoms with E-state index in [1.165, 1.54) is 6.42 Å². The summed E-state index contributed by atoms with van der Waals surface area (Å²) in [7, 11) is 2.12. The Morgan fingerprint density at radius 1 is 1.40 bits per heavy atom. The van der Waals surface area contributed by atoms with Crippen LogP contribution in [-0.4, -0.2) is 60.3 Å². The van der Waals surface area contributed by atoms with E-state index >= 15 is 0 Å². The zero-order valence-electron chi connectivity index (χ0n) is 10.6. The Balaban J connectivity index is 2.60. The third-order valence-electron chi connectivity index (χ3n) is 3.40. The van der Waals surface area contributed by atoms with Gasteiger partial charge in [0.15, 0.2) is 0 Å². The number of likely N-dealkylation sites (N-methyl/N-ethyl adjacent to an activating group) is 1. The van der Waals surface area contributed by atoms with Gasteiger partial charge >= 0.3 is 0 Å². The summed E-state index contributed by atoms with van der Waals surface area (Å²) in [6.07, 6.45) is 1.21. The third-order valence-corrected chi connectivity index (χ3v) is 3.40. The van der Waals surface area contributed by atoms with Crippen LogP contribution in [0.4, 0.5) is 0 Å². The van der Waals surface area contributed by atoms with Crippen molar-refractivity contribution in [3.63, 3.8) is 0 Å². The van der Waals surface area contributed by atoms with Gasteiger partial charge in [0.25, 0.3) is 0 Å². The molecule has 0 saturated carbocycles. The Morgan fingerprint density at radius 2 is 2.07 bits per heavy atom. The molecule has 1 aliphatic rings. The van der Waals surface area contributed by atoms with Crippen molar-refractivity contribution in [3.8, 4) is 0 Å². The number of hydrogen-bond acceptors (Lipinski definition) is 3.